The highest BCUT2D eigenvalue weighted by Gasteiger charge is 2.16. The van der Waals surface area contributed by atoms with Crippen LogP contribution in [0.3, 0.4) is 0 Å². The average Bonchev–Trinajstić information content (AvgIpc) is 3.26. The molecule has 0 fully saturated rings. The Morgan fingerprint density at radius 3 is 0.533 bits per heavy atom. The molecule has 6 heteroatoms. The van der Waals surface area contributed by atoms with Crippen molar-refractivity contribution >= 4 is 0 Å². The molecule has 4 rings (SSSR count). The second-order valence-corrected chi connectivity index (χ2v) is 15.6. The normalized spacial score (nSPS) is 11.1. The Labute approximate surface area is 363 Å². The quantitative estimate of drug-likeness (QED) is 0.0386. The second-order valence-electron chi connectivity index (χ2n) is 15.6. The summed E-state index contributed by atoms with van der Waals surface area (Å²) in [6.45, 7) is 16.8. The monoisotopic (exact) mass is 817 g/mol. The minimum absolute atomic E-state index is 0.604. The van der Waals surface area contributed by atoms with Crippen molar-refractivity contribution in [2.24, 2.45) is 0 Å². The van der Waals surface area contributed by atoms with E-state index in [1.807, 2.05) is 36.4 Å². The highest BCUT2D eigenvalue weighted by atomic mass is 16.5. The molecule has 0 N–H and O–H groups in total. The van der Waals surface area contributed by atoms with Gasteiger partial charge in [-0.15, -0.1) is 0 Å². The molecular weight excluding hydrogens is 745 g/mol. The molecule has 0 atom stereocenters. The lowest BCUT2D eigenvalue weighted by molar-refractivity contribution is 0.259. The van der Waals surface area contributed by atoms with Gasteiger partial charge in [0.25, 0.3) is 0 Å². The number of hydrogen-bond donors (Lipinski definition) is 0. The third kappa shape index (κ3) is 16.3. The number of unbranched alkanes of at least 4 members (excludes halogenated alkanes) is 12. The predicted molar refractivity (Wildman–Crippen MR) is 247 cm³/mol. The van der Waals surface area contributed by atoms with Gasteiger partial charge < -0.3 is 28.4 Å². The smallest absolute Gasteiger partial charge is 0.162 e. The maximum absolute atomic E-state index is 6.42. The number of rotatable bonds is 30. The minimum atomic E-state index is 0.604. The molecule has 60 heavy (non-hydrogen) atoms. The first-order valence-electron chi connectivity index (χ1n) is 23.4. The van der Waals surface area contributed by atoms with E-state index in [0.717, 1.165) is 149 Å². The Bertz CT molecular complexity index is 1580. The summed E-state index contributed by atoms with van der Waals surface area (Å²) in [5.74, 6) is 25.1. The Hall–Kier alpha value is -4.86. The molecule has 3 aromatic carbocycles. The van der Waals surface area contributed by atoms with Crippen molar-refractivity contribution in [2.45, 2.75) is 157 Å². The lowest BCUT2D eigenvalue weighted by Gasteiger charge is -2.16. The Morgan fingerprint density at radius 1 is 0.250 bits per heavy atom. The van der Waals surface area contributed by atoms with Crippen LogP contribution in [0, 0.1) is 35.5 Å². The minimum Gasteiger partial charge on any atom is -0.490 e. The molecule has 0 aromatic heterocycles. The molecule has 1 aliphatic rings. The van der Waals surface area contributed by atoms with E-state index in [9.17, 15) is 0 Å². The van der Waals surface area contributed by atoms with Gasteiger partial charge in [0, 0.05) is 69.8 Å². The summed E-state index contributed by atoms with van der Waals surface area (Å²) in [6, 6.07) is 12.0. The van der Waals surface area contributed by atoms with Gasteiger partial charge in [0.2, 0.25) is 0 Å². The molecule has 0 saturated carbocycles. The molecule has 0 radical (unpaired) electrons. The average molecular weight is 817 g/mol. The van der Waals surface area contributed by atoms with E-state index in [1.165, 1.54) is 0 Å². The summed E-state index contributed by atoms with van der Waals surface area (Å²) in [7, 11) is 0. The number of hydrogen-bond acceptors (Lipinski definition) is 6. The fraction of sp³-hybridized carbons (Fsp3) is 0.556. The first kappa shape index (κ1) is 47.8. The van der Waals surface area contributed by atoms with Gasteiger partial charge in [0.15, 0.2) is 34.5 Å². The van der Waals surface area contributed by atoms with Crippen molar-refractivity contribution in [3.63, 3.8) is 0 Å². The van der Waals surface area contributed by atoms with Crippen LogP contribution in [0.1, 0.15) is 190 Å². The molecule has 0 aliphatic heterocycles. The summed E-state index contributed by atoms with van der Waals surface area (Å²) in [6.07, 6.45) is 19.1. The molecule has 3 aromatic rings. The molecule has 0 unspecified atom stereocenters. The van der Waals surface area contributed by atoms with Crippen molar-refractivity contribution in [3.8, 4) is 70.0 Å². The van der Waals surface area contributed by atoms with Gasteiger partial charge in [-0.1, -0.05) is 154 Å². The summed E-state index contributed by atoms with van der Waals surface area (Å²) in [5.41, 5.74) is 4.54. The van der Waals surface area contributed by atoms with Crippen LogP contribution in [-0.4, -0.2) is 39.6 Å². The van der Waals surface area contributed by atoms with E-state index in [0.29, 0.717) is 74.1 Å². The van der Waals surface area contributed by atoms with Gasteiger partial charge in [0.1, 0.15) is 0 Å². The van der Waals surface area contributed by atoms with Gasteiger partial charge in [-0.25, -0.2) is 0 Å². The fourth-order valence-corrected chi connectivity index (χ4v) is 6.59. The lowest BCUT2D eigenvalue weighted by Crippen LogP contribution is -2.05. The molecule has 6 nitrogen and oxygen atoms in total. The zero-order valence-electron chi connectivity index (χ0n) is 37.9. The summed E-state index contributed by atoms with van der Waals surface area (Å²) in [4.78, 5) is 0. The van der Waals surface area contributed by atoms with Crippen molar-refractivity contribution in [3.05, 3.63) is 69.8 Å². The van der Waals surface area contributed by atoms with Gasteiger partial charge in [-0.3, -0.25) is 0 Å². The number of ether oxygens (including phenoxy) is 6. The van der Waals surface area contributed by atoms with Crippen molar-refractivity contribution in [1.82, 2.24) is 0 Å². The molecule has 1 aliphatic carbocycles. The van der Waals surface area contributed by atoms with Crippen LogP contribution in [0.4, 0.5) is 0 Å². The van der Waals surface area contributed by atoms with E-state index in [1.54, 1.807) is 0 Å². The van der Waals surface area contributed by atoms with Gasteiger partial charge >= 0.3 is 0 Å². The summed E-state index contributed by atoms with van der Waals surface area (Å²) < 4.78 is 38.5. The molecule has 0 saturated heterocycles. The van der Waals surface area contributed by atoms with Crippen LogP contribution < -0.4 is 28.4 Å². The van der Waals surface area contributed by atoms with Crippen LogP contribution in [0.15, 0.2) is 36.4 Å². The van der Waals surface area contributed by atoms with Gasteiger partial charge in [-0.2, -0.15) is 0 Å². The van der Waals surface area contributed by atoms with E-state index in [2.05, 4.69) is 77.1 Å². The highest BCUT2D eigenvalue weighted by Crippen LogP contribution is 2.35. The molecule has 0 heterocycles. The summed E-state index contributed by atoms with van der Waals surface area (Å²) >= 11 is 0. The van der Waals surface area contributed by atoms with Crippen molar-refractivity contribution in [2.75, 3.05) is 39.6 Å². The van der Waals surface area contributed by atoms with Crippen LogP contribution in [0.5, 0.6) is 34.5 Å². The maximum atomic E-state index is 6.42. The standard InChI is InChI=1S/C54H72O6/c1-7-13-19-31-55-49-37-43-25-26-45-39-51(57-33-21-15-9-3)53(59-35-23-17-11-5)41-47(45)29-30-48-42-54(60-36-24-18-12-6)52(58-34-22-16-10-4)40-46(48)28-27-44(43)38-50(49)56-32-20-14-8-2/h37-42H,7-24,31-36H2,1-6H3. The van der Waals surface area contributed by atoms with E-state index in [-0.39, 0.29) is 0 Å². The molecule has 0 bridgehead atoms. The zero-order valence-corrected chi connectivity index (χ0v) is 37.9. The number of benzene rings is 3. The SMILES string of the molecule is CCCCCOc1cc2c(cc1OCCCCC)C#Cc1cc(OCCCCC)c(OCCCCC)cc1C#Cc1cc(OCCCCC)c(OCCCCC)cc1C#C2. The van der Waals surface area contributed by atoms with E-state index >= 15 is 0 Å². The fourth-order valence-electron chi connectivity index (χ4n) is 6.59. The molecule has 0 spiro atoms. The zero-order chi connectivity index (χ0) is 42.6. The van der Waals surface area contributed by atoms with Crippen molar-refractivity contribution in [1.29, 1.82) is 0 Å². The largest absolute Gasteiger partial charge is 0.490 e. The number of fused-ring (bicyclic) bond motifs is 3. The highest BCUT2D eigenvalue weighted by molar-refractivity contribution is 5.67. The predicted octanol–water partition coefficient (Wildman–Crippen LogP) is 13.6. The molecule has 324 valence electrons. The Morgan fingerprint density at radius 2 is 0.400 bits per heavy atom. The van der Waals surface area contributed by atoms with Crippen molar-refractivity contribution < 1.29 is 28.4 Å². The summed E-state index contributed by atoms with van der Waals surface area (Å²) in [5, 5.41) is 0. The third-order valence-corrected chi connectivity index (χ3v) is 10.3. The lowest BCUT2D eigenvalue weighted by atomic mass is 10.0. The molecule has 0 amide bonds. The Kier molecular flexibility index (Phi) is 22.8. The van der Waals surface area contributed by atoms with E-state index in [4.69, 9.17) is 28.4 Å². The Balaban J connectivity index is 1.96. The van der Waals surface area contributed by atoms with Crippen LogP contribution >= 0.6 is 0 Å². The van der Waals surface area contributed by atoms with Gasteiger partial charge in [0.05, 0.1) is 39.6 Å². The first-order chi connectivity index (χ1) is 29.5. The van der Waals surface area contributed by atoms with E-state index < -0.39 is 0 Å². The first-order valence-corrected chi connectivity index (χ1v) is 23.4. The van der Waals surface area contributed by atoms with Crippen LogP contribution in [0.2, 0.25) is 0 Å². The maximum Gasteiger partial charge on any atom is 0.162 e. The van der Waals surface area contributed by atoms with Crippen LogP contribution in [-0.2, 0) is 0 Å². The third-order valence-electron chi connectivity index (χ3n) is 10.3. The molecular formula is C54H72O6. The second kappa shape index (κ2) is 28.6. The van der Waals surface area contributed by atoms with Gasteiger partial charge in [-0.05, 0) is 38.5 Å². The van der Waals surface area contributed by atoms with Crippen LogP contribution in [0.25, 0.3) is 0 Å². The topological polar surface area (TPSA) is 55.4 Å².